The lowest BCUT2D eigenvalue weighted by atomic mass is 10.1. The van der Waals surface area contributed by atoms with Crippen molar-refractivity contribution in [1.29, 1.82) is 0 Å². The number of hydrogen-bond acceptors (Lipinski definition) is 2. The minimum atomic E-state index is -0.145. The van der Waals surface area contributed by atoms with Crippen molar-refractivity contribution in [3.05, 3.63) is 71.3 Å². The van der Waals surface area contributed by atoms with E-state index in [9.17, 15) is 9.59 Å². The first-order valence-corrected chi connectivity index (χ1v) is 6.12. The largest absolute Gasteiger partial charge is 0.346 e. The van der Waals surface area contributed by atoms with Gasteiger partial charge in [-0.05, 0) is 24.6 Å². The highest BCUT2D eigenvalue weighted by molar-refractivity contribution is 5.95. The predicted molar refractivity (Wildman–Crippen MR) is 74.2 cm³/mol. The van der Waals surface area contributed by atoms with E-state index in [1.807, 2.05) is 37.3 Å². The highest BCUT2D eigenvalue weighted by Gasteiger charge is 2.10. The minimum Gasteiger partial charge on any atom is -0.346 e. The third-order valence-electron chi connectivity index (χ3n) is 2.96. The lowest BCUT2D eigenvalue weighted by molar-refractivity contribution is 0.0939. The van der Waals surface area contributed by atoms with E-state index in [0.717, 1.165) is 11.8 Å². The van der Waals surface area contributed by atoms with Crippen LogP contribution in [0.4, 0.5) is 0 Å². The molecule has 1 amide bonds. The molecular formula is C16H15NO2. The van der Waals surface area contributed by atoms with Crippen LogP contribution >= 0.6 is 0 Å². The van der Waals surface area contributed by atoms with Gasteiger partial charge >= 0.3 is 0 Å². The van der Waals surface area contributed by atoms with Crippen molar-refractivity contribution < 1.29 is 9.59 Å². The van der Waals surface area contributed by atoms with E-state index >= 15 is 0 Å². The van der Waals surface area contributed by atoms with Crippen molar-refractivity contribution in [1.82, 2.24) is 5.32 Å². The molecule has 3 heteroatoms. The van der Waals surface area contributed by atoms with Crippen molar-refractivity contribution in [2.45, 2.75) is 13.0 Å². The lowest BCUT2D eigenvalue weighted by Crippen LogP contribution is -2.26. The fourth-order valence-electron chi connectivity index (χ4n) is 1.82. The summed E-state index contributed by atoms with van der Waals surface area (Å²) in [4.78, 5) is 22.6. The summed E-state index contributed by atoms with van der Waals surface area (Å²) >= 11 is 0. The molecule has 2 rings (SSSR count). The van der Waals surface area contributed by atoms with Crippen LogP contribution in [-0.2, 0) is 0 Å². The van der Waals surface area contributed by atoms with Gasteiger partial charge in [0.05, 0.1) is 6.04 Å². The van der Waals surface area contributed by atoms with Gasteiger partial charge < -0.3 is 5.32 Å². The number of nitrogens with one attached hydrogen (secondary N) is 1. The van der Waals surface area contributed by atoms with Crippen LogP contribution in [0.5, 0.6) is 0 Å². The van der Waals surface area contributed by atoms with Crippen molar-refractivity contribution in [2.75, 3.05) is 0 Å². The van der Waals surface area contributed by atoms with E-state index in [2.05, 4.69) is 5.32 Å². The molecule has 3 nitrogen and oxygen atoms in total. The Balaban J connectivity index is 2.06. The van der Waals surface area contributed by atoms with Crippen LogP contribution in [0.3, 0.4) is 0 Å². The average molecular weight is 253 g/mol. The van der Waals surface area contributed by atoms with Gasteiger partial charge in [-0.15, -0.1) is 0 Å². The molecule has 19 heavy (non-hydrogen) atoms. The first-order chi connectivity index (χ1) is 9.20. The maximum atomic E-state index is 12.0. The summed E-state index contributed by atoms with van der Waals surface area (Å²) in [5.74, 6) is -0.145. The number of carbonyl (C=O) groups is 2. The molecule has 96 valence electrons. The molecule has 0 bridgehead atoms. The maximum absolute atomic E-state index is 12.0. The fourth-order valence-corrected chi connectivity index (χ4v) is 1.82. The Hall–Kier alpha value is -2.42. The highest BCUT2D eigenvalue weighted by atomic mass is 16.1. The zero-order valence-corrected chi connectivity index (χ0v) is 10.7. The second kappa shape index (κ2) is 5.96. The molecule has 1 N–H and O–H groups in total. The number of hydrogen-bond donors (Lipinski definition) is 1. The molecule has 0 aliphatic rings. The van der Waals surface area contributed by atoms with Gasteiger partial charge in [-0.1, -0.05) is 42.5 Å². The normalized spacial score (nSPS) is 11.6. The molecule has 0 spiro atoms. The van der Waals surface area contributed by atoms with E-state index < -0.39 is 0 Å². The molecule has 1 atom stereocenters. The summed E-state index contributed by atoms with van der Waals surface area (Å²) in [7, 11) is 0. The van der Waals surface area contributed by atoms with E-state index in [4.69, 9.17) is 0 Å². The van der Waals surface area contributed by atoms with Gasteiger partial charge in [-0.25, -0.2) is 0 Å². The number of amides is 1. The third kappa shape index (κ3) is 3.28. The topological polar surface area (TPSA) is 46.2 Å². The first kappa shape index (κ1) is 13.0. The molecule has 0 aromatic heterocycles. The summed E-state index contributed by atoms with van der Waals surface area (Å²) in [6.45, 7) is 1.94. The zero-order chi connectivity index (χ0) is 13.7. The molecule has 0 aliphatic carbocycles. The van der Waals surface area contributed by atoms with Crippen LogP contribution in [0.15, 0.2) is 54.6 Å². The molecule has 0 fully saturated rings. The third-order valence-corrected chi connectivity index (χ3v) is 2.96. The van der Waals surface area contributed by atoms with Gasteiger partial charge in [0.2, 0.25) is 0 Å². The van der Waals surface area contributed by atoms with Crippen LogP contribution in [-0.4, -0.2) is 12.2 Å². The van der Waals surface area contributed by atoms with Crippen molar-refractivity contribution >= 4 is 12.2 Å². The van der Waals surface area contributed by atoms with E-state index in [1.165, 1.54) is 0 Å². The number of benzene rings is 2. The van der Waals surface area contributed by atoms with Gasteiger partial charge in [0.25, 0.3) is 5.91 Å². The van der Waals surface area contributed by atoms with Gasteiger partial charge in [-0.2, -0.15) is 0 Å². The van der Waals surface area contributed by atoms with Gasteiger partial charge in [0.1, 0.15) is 6.29 Å². The Kier molecular flexibility index (Phi) is 4.08. The number of carbonyl (C=O) groups excluding carboxylic acids is 2. The first-order valence-electron chi connectivity index (χ1n) is 6.12. The molecule has 0 aliphatic heterocycles. The molecule has 0 saturated heterocycles. The molecule has 0 heterocycles. The molecular weight excluding hydrogens is 238 g/mol. The Labute approximate surface area is 112 Å². The standard InChI is InChI=1S/C16H15NO2/c1-12(14-5-3-2-4-6-14)17-16(19)15-9-7-13(11-18)8-10-15/h2-12H,1H3,(H,17,19)/t12-/m0/s1. The molecule has 0 unspecified atom stereocenters. The molecule has 2 aromatic rings. The van der Waals surface area contributed by atoms with E-state index in [-0.39, 0.29) is 11.9 Å². The van der Waals surface area contributed by atoms with Crippen molar-refractivity contribution in [3.63, 3.8) is 0 Å². The van der Waals surface area contributed by atoms with E-state index in [0.29, 0.717) is 11.1 Å². The minimum absolute atomic E-state index is 0.0561. The van der Waals surface area contributed by atoms with Gasteiger partial charge in [0.15, 0.2) is 0 Å². The van der Waals surface area contributed by atoms with Gasteiger partial charge in [0, 0.05) is 11.1 Å². The summed E-state index contributed by atoms with van der Waals surface area (Å²) in [6, 6.07) is 16.3. The van der Waals surface area contributed by atoms with Crippen molar-refractivity contribution in [3.8, 4) is 0 Å². The van der Waals surface area contributed by atoms with Crippen LogP contribution in [0.2, 0.25) is 0 Å². The van der Waals surface area contributed by atoms with Crippen molar-refractivity contribution in [2.24, 2.45) is 0 Å². The smallest absolute Gasteiger partial charge is 0.251 e. The second-order valence-corrected chi connectivity index (χ2v) is 4.35. The SMILES string of the molecule is C[C@H](NC(=O)c1ccc(C=O)cc1)c1ccccc1. The predicted octanol–water partition coefficient (Wildman–Crippen LogP) is 2.99. The summed E-state index contributed by atoms with van der Waals surface area (Å²) in [6.07, 6.45) is 0.758. The van der Waals surface area contributed by atoms with Crippen LogP contribution in [0.25, 0.3) is 0 Å². The fraction of sp³-hybridized carbons (Fsp3) is 0.125. The Morgan fingerprint density at radius 3 is 2.26 bits per heavy atom. The average Bonchev–Trinajstić information content (AvgIpc) is 2.48. The number of rotatable bonds is 4. The summed E-state index contributed by atoms with van der Waals surface area (Å²) in [5.41, 5.74) is 2.17. The maximum Gasteiger partial charge on any atom is 0.251 e. The molecule has 0 saturated carbocycles. The van der Waals surface area contributed by atoms with Gasteiger partial charge in [-0.3, -0.25) is 9.59 Å². The summed E-state index contributed by atoms with van der Waals surface area (Å²) in [5, 5.41) is 2.92. The zero-order valence-electron chi connectivity index (χ0n) is 10.7. The Morgan fingerprint density at radius 2 is 1.68 bits per heavy atom. The Morgan fingerprint density at radius 1 is 1.05 bits per heavy atom. The second-order valence-electron chi connectivity index (χ2n) is 4.35. The lowest BCUT2D eigenvalue weighted by Gasteiger charge is -2.14. The number of aldehydes is 1. The highest BCUT2D eigenvalue weighted by Crippen LogP contribution is 2.12. The van der Waals surface area contributed by atoms with Crippen LogP contribution in [0, 0.1) is 0 Å². The van der Waals surface area contributed by atoms with Crippen LogP contribution in [0.1, 0.15) is 39.2 Å². The van der Waals surface area contributed by atoms with Crippen LogP contribution < -0.4 is 5.32 Å². The monoisotopic (exact) mass is 253 g/mol. The molecule has 0 radical (unpaired) electrons. The summed E-state index contributed by atoms with van der Waals surface area (Å²) < 4.78 is 0. The Bertz CT molecular complexity index is 561. The molecule has 2 aromatic carbocycles. The van der Waals surface area contributed by atoms with E-state index in [1.54, 1.807) is 24.3 Å². The quantitative estimate of drug-likeness (QED) is 0.851.